The van der Waals surface area contributed by atoms with Crippen molar-refractivity contribution < 1.29 is 13.9 Å². The first kappa shape index (κ1) is 15.7. The molecule has 1 fully saturated rings. The number of aromatic nitrogens is 1. The zero-order chi connectivity index (χ0) is 16.2. The summed E-state index contributed by atoms with van der Waals surface area (Å²) in [5.74, 6) is 1.17. The molecule has 1 aliphatic rings. The van der Waals surface area contributed by atoms with Crippen molar-refractivity contribution in [2.75, 3.05) is 20.8 Å². The van der Waals surface area contributed by atoms with E-state index in [4.69, 9.17) is 9.47 Å². The van der Waals surface area contributed by atoms with Crippen LogP contribution in [0.4, 0.5) is 4.39 Å². The highest BCUT2D eigenvalue weighted by atomic mass is 19.1. The third-order valence-electron chi connectivity index (χ3n) is 4.34. The number of nitrogens with zero attached hydrogens (tertiary/aromatic N) is 2. The zero-order valence-electron chi connectivity index (χ0n) is 13.5. The quantitative estimate of drug-likeness (QED) is 0.844. The van der Waals surface area contributed by atoms with Crippen molar-refractivity contribution in [2.24, 2.45) is 0 Å². The van der Waals surface area contributed by atoms with Gasteiger partial charge < -0.3 is 9.47 Å². The molecule has 122 valence electrons. The lowest BCUT2D eigenvalue weighted by atomic mass is 10.0. The molecule has 0 unspecified atom stereocenters. The van der Waals surface area contributed by atoms with Gasteiger partial charge in [0.15, 0.2) is 11.5 Å². The lowest BCUT2D eigenvalue weighted by Crippen LogP contribution is -2.23. The van der Waals surface area contributed by atoms with E-state index in [0.29, 0.717) is 18.0 Å². The highest BCUT2D eigenvalue weighted by molar-refractivity contribution is 5.42. The monoisotopic (exact) mass is 316 g/mol. The van der Waals surface area contributed by atoms with Crippen molar-refractivity contribution in [1.82, 2.24) is 9.88 Å². The average molecular weight is 316 g/mol. The van der Waals surface area contributed by atoms with Crippen LogP contribution in [0.2, 0.25) is 0 Å². The zero-order valence-corrected chi connectivity index (χ0v) is 13.5. The first-order valence-electron chi connectivity index (χ1n) is 7.78. The lowest BCUT2D eigenvalue weighted by Gasteiger charge is -2.25. The fourth-order valence-electron chi connectivity index (χ4n) is 3.23. The molecular weight excluding hydrogens is 295 g/mol. The number of pyridine rings is 1. The molecule has 0 saturated carbocycles. The molecule has 5 heteroatoms. The van der Waals surface area contributed by atoms with Gasteiger partial charge in [-0.2, -0.15) is 0 Å². The maximum atomic E-state index is 13.1. The molecule has 3 rings (SSSR count). The Morgan fingerprint density at radius 3 is 2.65 bits per heavy atom. The van der Waals surface area contributed by atoms with Gasteiger partial charge in [-0.15, -0.1) is 0 Å². The highest BCUT2D eigenvalue weighted by Gasteiger charge is 2.27. The molecule has 0 radical (unpaired) electrons. The van der Waals surface area contributed by atoms with Gasteiger partial charge in [-0.3, -0.25) is 9.88 Å². The van der Waals surface area contributed by atoms with Crippen molar-refractivity contribution in [2.45, 2.75) is 25.4 Å². The van der Waals surface area contributed by atoms with Crippen molar-refractivity contribution in [3.8, 4) is 11.5 Å². The summed E-state index contributed by atoms with van der Waals surface area (Å²) in [4.78, 5) is 6.82. The summed E-state index contributed by atoms with van der Waals surface area (Å²) in [5, 5.41) is 0. The van der Waals surface area contributed by atoms with Gasteiger partial charge >= 0.3 is 0 Å². The molecule has 0 amide bonds. The molecule has 1 aromatic carbocycles. The molecule has 1 atom stereocenters. The van der Waals surface area contributed by atoms with Gasteiger partial charge in [-0.1, -0.05) is 12.1 Å². The van der Waals surface area contributed by atoms with Crippen LogP contribution in [0.15, 0.2) is 36.5 Å². The van der Waals surface area contributed by atoms with E-state index in [9.17, 15) is 4.39 Å². The molecule has 0 bridgehead atoms. The van der Waals surface area contributed by atoms with E-state index in [1.54, 1.807) is 26.5 Å². The summed E-state index contributed by atoms with van der Waals surface area (Å²) in [5.41, 5.74) is 2.01. The van der Waals surface area contributed by atoms with Crippen LogP contribution in [0, 0.1) is 5.82 Å². The number of likely N-dealkylation sites (tertiary alicyclic amines) is 1. The van der Waals surface area contributed by atoms with Crippen molar-refractivity contribution in [3.63, 3.8) is 0 Å². The number of halogens is 1. The topological polar surface area (TPSA) is 34.6 Å². The predicted octanol–water partition coefficient (Wildman–Crippen LogP) is 3.58. The van der Waals surface area contributed by atoms with Crippen LogP contribution >= 0.6 is 0 Å². The molecule has 1 aliphatic heterocycles. The minimum atomic E-state index is -0.200. The number of hydrogen-bond donors (Lipinski definition) is 0. The van der Waals surface area contributed by atoms with Crippen molar-refractivity contribution in [1.29, 1.82) is 0 Å². The first-order valence-corrected chi connectivity index (χ1v) is 7.78. The average Bonchev–Trinajstić information content (AvgIpc) is 3.03. The van der Waals surface area contributed by atoms with Gasteiger partial charge in [0.05, 0.1) is 14.2 Å². The van der Waals surface area contributed by atoms with Gasteiger partial charge in [0.2, 0.25) is 0 Å². The molecule has 4 nitrogen and oxygen atoms in total. The predicted molar refractivity (Wildman–Crippen MR) is 86.1 cm³/mol. The first-order chi connectivity index (χ1) is 11.2. The van der Waals surface area contributed by atoms with E-state index >= 15 is 0 Å². The molecule has 2 aromatic rings. The fourth-order valence-corrected chi connectivity index (χ4v) is 3.23. The van der Waals surface area contributed by atoms with Crippen LogP contribution in [0.1, 0.15) is 30.1 Å². The van der Waals surface area contributed by atoms with Gasteiger partial charge in [-0.25, -0.2) is 4.39 Å². The van der Waals surface area contributed by atoms with E-state index in [0.717, 1.165) is 30.6 Å². The van der Waals surface area contributed by atoms with Crippen LogP contribution in [-0.4, -0.2) is 30.6 Å². The SMILES string of the molecule is COc1ccnc(CN2CCC[C@@H]2c2ccc(F)cc2)c1OC. The molecule has 0 aliphatic carbocycles. The van der Waals surface area contributed by atoms with Crippen LogP contribution in [-0.2, 0) is 6.54 Å². The molecule has 0 spiro atoms. The Balaban J connectivity index is 1.83. The smallest absolute Gasteiger partial charge is 0.183 e. The minimum Gasteiger partial charge on any atom is -0.493 e. The Kier molecular flexibility index (Phi) is 4.76. The summed E-state index contributed by atoms with van der Waals surface area (Å²) < 4.78 is 24.0. The van der Waals surface area contributed by atoms with E-state index < -0.39 is 0 Å². The Labute approximate surface area is 135 Å². The van der Waals surface area contributed by atoms with Gasteiger partial charge in [0, 0.05) is 24.8 Å². The van der Waals surface area contributed by atoms with Gasteiger partial charge in [-0.05, 0) is 37.1 Å². The Morgan fingerprint density at radius 2 is 1.96 bits per heavy atom. The second-order valence-electron chi connectivity index (χ2n) is 5.67. The fraction of sp³-hybridized carbons (Fsp3) is 0.389. The van der Waals surface area contributed by atoms with E-state index in [2.05, 4.69) is 9.88 Å². The minimum absolute atomic E-state index is 0.200. The number of ether oxygens (including phenoxy) is 2. The Bertz CT molecular complexity index is 661. The van der Waals surface area contributed by atoms with Crippen LogP contribution < -0.4 is 9.47 Å². The summed E-state index contributed by atoms with van der Waals surface area (Å²) in [6.07, 6.45) is 3.92. The molecular formula is C18H21FN2O2. The Hall–Kier alpha value is -2.14. The number of benzene rings is 1. The summed E-state index contributed by atoms with van der Waals surface area (Å²) in [6.45, 7) is 1.67. The van der Waals surface area contributed by atoms with E-state index in [1.807, 2.05) is 12.1 Å². The molecule has 0 N–H and O–H groups in total. The standard InChI is InChI=1S/C18H21FN2O2/c1-22-17-9-10-20-15(18(17)23-2)12-21-11-3-4-16(21)13-5-7-14(19)8-6-13/h5-10,16H,3-4,11-12H2,1-2H3/t16-/m1/s1. The number of hydrogen-bond acceptors (Lipinski definition) is 4. The number of rotatable bonds is 5. The third-order valence-corrected chi connectivity index (χ3v) is 4.34. The maximum Gasteiger partial charge on any atom is 0.183 e. The second kappa shape index (κ2) is 6.96. The lowest BCUT2D eigenvalue weighted by molar-refractivity contribution is 0.239. The summed E-state index contributed by atoms with van der Waals surface area (Å²) in [6, 6.07) is 8.87. The highest BCUT2D eigenvalue weighted by Crippen LogP contribution is 2.36. The van der Waals surface area contributed by atoms with Crippen LogP contribution in [0.3, 0.4) is 0 Å². The van der Waals surface area contributed by atoms with Crippen molar-refractivity contribution >= 4 is 0 Å². The molecule has 23 heavy (non-hydrogen) atoms. The summed E-state index contributed by atoms with van der Waals surface area (Å²) in [7, 11) is 3.25. The van der Waals surface area contributed by atoms with E-state index in [-0.39, 0.29) is 11.9 Å². The largest absolute Gasteiger partial charge is 0.493 e. The Morgan fingerprint density at radius 1 is 1.17 bits per heavy atom. The number of methoxy groups -OCH3 is 2. The summed E-state index contributed by atoms with van der Waals surface area (Å²) >= 11 is 0. The van der Waals surface area contributed by atoms with Crippen molar-refractivity contribution in [3.05, 3.63) is 53.6 Å². The van der Waals surface area contributed by atoms with Crippen LogP contribution in [0.5, 0.6) is 11.5 Å². The molecule has 2 heterocycles. The second-order valence-corrected chi connectivity index (χ2v) is 5.67. The third kappa shape index (κ3) is 3.29. The van der Waals surface area contributed by atoms with Gasteiger partial charge in [0.1, 0.15) is 11.5 Å². The molecule has 1 saturated heterocycles. The maximum absolute atomic E-state index is 13.1. The van der Waals surface area contributed by atoms with E-state index in [1.165, 1.54) is 12.1 Å². The normalized spacial score (nSPS) is 18.1. The van der Waals surface area contributed by atoms with Crippen LogP contribution in [0.25, 0.3) is 0 Å². The van der Waals surface area contributed by atoms with Gasteiger partial charge in [0.25, 0.3) is 0 Å². The molecule has 1 aromatic heterocycles.